The van der Waals surface area contributed by atoms with Gasteiger partial charge in [0.05, 0.1) is 6.54 Å². The van der Waals surface area contributed by atoms with Crippen molar-refractivity contribution in [1.29, 1.82) is 0 Å². The second-order valence-electron chi connectivity index (χ2n) is 5.66. The van der Waals surface area contributed by atoms with Crippen LogP contribution in [0.1, 0.15) is 44.8 Å². The summed E-state index contributed by atoms with van der Waals surface area (Å²) in [6.07, 6.45) is 5.22. The van der Waals surface area contributed by atoms with Crippen LogP contribution >= 0.6 is 15.9 Å². The maximum atomic E-state index is 12.7. The largest absolute Gasteiger partial charge is 0.452 e. The highest BCUT2D eigenvalue weighted by Crippen LogP contribution is 2.34. The number of hydrogen-bond acceptors (Lipinski definition) is 4. The molecule has 0 radical (unpaired) electrons. The molecular formula is C14H23BrN2O3S. The van der Waals surface area contributed by atoms with Crippen LogP contribution in [0.25, 0.3) is 0 Å². The Morgan fingerprint density at radius 2 is 2.00 bits per heavy atom. The summed E-state index contributed by atoms with van der Waals surface area (Å²) in [6, 6.07) is 1.58. The number of furan rings is 1. The quantitative estimate of drug-likeness (QED) is 0.853. The Kier molecular flexibility index (Phi) is 5.51. The summed E-state index contributed by atoms with van der Waals surface area (Å²) >= 11 is 3.18. The number of sulfonamides is 1. The minimum atomic E-state index is -3.55. The van der Waals surface area contributed by atoms with Gasteiger partial charge in [-0.1, -0.05) is 13.3 Å². The van der Waals surface area contributed by atoms with Crippen LogP contribution < -0.4 is 5.73 Å². The third-order valence-corrected chi connectivity index (χ3v) is 7.24. The van der Waals surface area contributed by atoms with Gasteiger partial charge in [-0.3, -0.25) is 0 Å². The summed E-state index contributed by atoms with van der Waals surface area (Å²) in [5, 5.41) is 0. The van der Waals surface area contributed by atoms with Crippen LogP contribution in [-0.4, -0.2) is 25.8 Å². The van der Waals surface area contributed by atoms with E-state index in [1.807, 2.05) is 0 Å². The van der Waals surface area contributed by atoms with Crippen LogP contribution in [-0.2, 0) is 16.6 Å². The molecule has 0 saturated heterocycles. The average Bonchev–Trinajstić information content (AvgIpc) is 2.88. The van der Waals surface area contributed by atoms with E-state index in [2.05, 4.69) is 22.9 Å². The lowest BCUT2D eigenvalue weighted by Crippen LogP contribution is -2.39. The van der Waals surface area contributed by atoms with E-state index in [-0.39, 0.29) is 22.2 Å². The van der Waals surface area contributed by atoms with Crippen LogP contribution in [0.4, 0.5) is 0 Å². The Labute approximate surface area is 135 Å². The van der Waals surface area contributed by atoms with E-state index in [1.165, 1.54) is 16.8 Å². The van der Waals surface area contributed by atoms with E-state index >= 15 is 0 Å². The van der Waals surface area contributed by atoms with Crippen molar-refractivity contribution in [3.63, 3.8) is 0 Å². The highest BCUT2D eigenvalue weighted by molar-refractivity contribution is 9.10. The summed E-state index contributed by atoms with van der Waals surface area (Å²) in [6.45, 7) is 2.38. The highest BCUT2D eigenvalue weighted by atomic mass is 79.9. The number of hydrogen-bond donors (Lipinski definition) is 1. The van der Waals surface area contributed by atoms with E-state index in [1.54, 1.807) is 7.05 Å². The molecule has 7 heteroatoms. The van der Waals surface area contributed by atoms with Crippen LogP contribution in [0.2, 0.25) is 0 Å². The molecule has 5 nitrogen and oxygen atoms in total. The molecule has 0 amide bonds. The number of rotatable bonds is 5. The van der Waals surface area contributed by atoms with Crippen molar-refractivity contribution in [3.8, 4) is 0 Å². The third-order valence-electron chi connectivity index (χ3n) is 4.47. The van der Waals surface area contributed by atoms with Crippen molar-refractivity contribution in [1.82, 2.24) is 4.31 Å². The van der Waals surface area contributed by atoms with Crippen molar-refractivity contribution in [2.24, 2.45) is 11.7 Å². The first kappa shape index (κ1) is 17.0. The molecule has 0 aliphatic heterocycles. The molecule has 120 valence electrons. The predicted molar refractivity (Wildman–Crippen MR) is 85.3 cm³/mol. The van der Waals surface area contributed by atoms with E-state index in [0.717, 1.165) is 31.6 Å². The monoisotopic (exact) mass is 378 g/mol. The van der Waals surface area contributed by atoms with E-state index in [0.29, 0.717) is 5.76 Å². The van der Waals surface area contributed by atoms with Gasteiger partial charge in [-0.25, -0.2) is 8.42 Å². The lowest BCUT2D eigenvalue weighted by atomic mass is 9.85. The maximum absolute atomic E-state index is 12.7. The van der Waals surface area contributed by atoms with Gasteiger partial charge in [0.1, 0.15) is 10.7 Å². The van der Waals surface area contributed by atoms with Gasteiger partial charge in [-0.2, -0.15) is 4.31 Å². The van der Waals surface area contributed by atoms with Gasteiger partial charge in [0.25, 0.3) is 0 Å². The van der Waals surface area contributed by atoms with E-state index in [9.17, 15) is 8.42 Å². The Hall–Kier alpha value is -0.370. The Morgan fingerprint density at radius 1 is 1.38 bits per heavy atom. The lowest BCUT2D eigenvalue weighted by Gasteiger charge is -2.33. The van der Waals surface area contributed by atoms with Gasteiger partial charge in [0.2, 0.25) is 10.0 Å². The molecule has 1 aromatic heterocycles. The fraction of sp³-hybridized carbons (Fsp3) is 0.714. The molecule has 1 saturated carbocycles. The summed E-state index contributed by atoms with van der Waals surface area (Å²) < 4.78 is 32.5. The lowest BCUT2D eigenvalue weighted by molar-refractivity contribution is 0.232. The molecule has 2 rings (SSSR count). The molecule has 0 unspecified atom stereocenters. The van der Waals surface area contributed by atoms with Crippen molar-refractivity contribution in [2.75, 3.05) is 7.05 Å². The van der Waals surface area contributed by atoms with Crippen LogP contribution in [0.5, 0.6) is 0 Å². The predicted octanol–water partition coefficient (Wildman–Crippen LogP) is 3.09. The van der Waals surface area contributed by atoms with Gasteiger partial charge in [0, 0.05) is 19.2 Å². The summed E-state index contributed by atoms with van der Waals surface area (Å²) in [5.74, 6) is 1.20. The van der Waals surface area contributed by atoms with E-state index < -0.39 is 10.0 Å². The fourth-order valence-electron chi connectivity index (χ4n) is 2.94. The van der Waals surface area contributed by atoms with Crippen LogP contribution in [0.15, 0.2) is 20.0 Å². The summed E-state index contributed by atoms with van der Waals surface area (Å²) in [5.41, 5.74) is 5.50. The Bertz CT molecular complexity index is 577. The van der Waals surface area contributed by atoms with Crippen molar-refractivity contribution in [3.05, 3.63) is 16.5 Å². The molecule has 1 aliphatic carbocycles. The molecular weight excluding hydrogens is 356 g/mol. The molecule has 0 spiro atoms. The maximum Gasteiger partial charge on any atom is 0.247 e. The molecule has 2 N–H and O–H groups in total. The molecule has 21 heavy (non-hydrogen) atoms. The molecule has 1 aliphatic rings. The first-order valence-electron chi connectivity index (χ1n) is 7.36. The minimum absolute atomic E-state index is 0.0703. The second-order valence-corrected chi connectivity index (χ2v) is 8.35. The average molecular weight is 379 g/mol. The van der Waals surface area contributed by atoms with Crippen LogP contribution in [0, 0.1) is 5.92 Å². The number of nitrogens with zero attached hydrogens (tertiary/aromatic N) is 1. The summed E-state index contributed by atoms with van der Waals surface area (Å²) in [7, 11) is -1.89. The van der Waals surface area contributed by atoms with E-state index in [4.69, 9.17) is 10.2 Å². The van der Waals surface area contributed by atoms with Crippen molar-refractivity contribution < 1.29 is 12.8 Å². The van der Waals surface area contributed by atoms with Crippen LogP contribution in [0.3, 0.4) is 0 Å². The number of nitrogens with two attached hydrogens (primary N) is 1. The second kappa shape index (κ2) is 6.81. The summed E-state index contributed by atoms with van der Waals surface area (Å²) in [4.78, 5) is 0.170. The Balaban J connectivity index is 2.17. The molecule has 0 bridgehead atoms. The van der Waals surface area contributed by atoms with Gasteiger partial charge in [-0.15, -0.1) is 0 Å². The fourth-order valence-corrected chi connectivity index (χ4v) is 5.32. The highest BCUT2D eigenvalue weighted by Gasteiger charge is 2.33. The van der Waals surface area contributed by atoms with Gasteiger partial charge >= 0.3 is 0 Å². The molecule has 1 fully saturated rings. The molecule has 0 atom stereocenters. The third kappa shape index (κ3) is 3.52. The molecule has 1 heterocycles. The zero-order chi connectivity index (χ0) is 15.6. The Morgan fingerprint density at radius 3 is 2.48 bits per heavy atom. The smallest absolute Gasteiger partial charge is 0.247 e. The topological polar surface area (TPSA) is 76.5 Å². The normalized spacial score (nSPS) is 23.7. The zero-order valence-corrected chi connectivity index (χ0v) is 14.9. The molecule has 1 aromatic rings. The minimum Gasteiger partial charge on any atom is -0.452 e. The van der Waals surface area contributed by atoms with Crippen molar-refractivity contribution in [2.45, 2.75) is 56.5 Å². The van der Waals surface area contributed by atoms with Gasteiger partial charge in [0.15, 0.2) is 4.67 Å². The van der Waals surface area contributed by atoms with Crippen molar-refractivity contribution >= 4 is 26.0 Å². The SMILES string of the molecule is CCC1CCC(N(C)S(=O)(=O)c2cc(CN)oc2Br)CC1. The first-order chi connectivity index (χ1) is 9.90. The van der Waals surface area contributed by atoms with Gasteiger partial charge < -0.3 is 10.2 Å². The number of halogens is 1. The van der Waals surface area contributed by atoms with Gasteiger partial charge in [-0.05, 0) is 47.5 Å². The first-order valence-corrected chi connectivity index (χ1v) is 9.59. The molecule has 0 aromatic carbocycles. The standard InChI is InChI=1S/C14H23BrN2O3S/c1-3-10-4-6-11(7-5-10)17(2)21(18,19)13-8-12(9-16)20-14(13)15/h8,10-11H,3-7,9,16H2,1-2H3. The zero-order valence-electron chi connectivity index (χ0n) is 12.5.